The monoisotopic (exact) mass is 561 g/mol. The summed E-state index contributed by atoms with van der Waals surface area (Å²) in [7, 11) is 0. The second-order valence-electron chi connectivity index (χ2n) is 9.01. The zero-order valence-corrected chi connectivity index (χ0v) is 21.8. The molecule has 6 rings (SSSR count). The number of hydrogen-bond donors (Lipinski definition) is 2. The van der Waals surface area contributed by atoms with E-state index in [-0.39, 0.29) is 17.4 Å². The normalized spacial score (nSPS) is 19.9. The van der Waals surface area contributed by atoms with Crippen LogP contribution in [0.25, 0.3) is 0 Å². The smallest absolute Gasteiger partial charge is 0.305 e. The van der Waals surface area contributed by atoms with Gasteiger partial charge in [-0.15, -0.1) is 0 Å². The van der Waals surface area contributed by atoms with Gasteiger partial charge < -0.3 is 15.0 Å². The number of imide groups is 1. The molecule has 1 fully saturated rings. The van der Waals surface area contributed by atoms with Crippen LogP contribution in [0.1, 0.15) is 16.4 Å². The van der Waals surface area contributed by atoms with Gasteiger partial charge in [-0.05, 0) is 54.1 Å². The molecule has 8 nitrogen and oxygen atoms in total. The Kier molecular flexibility index (Phi) is 6.53. The highest BCUT2D eigenvalue weighted by molar-refractivity contribution is 8.00. The van der Waals surface area contributed by atoms with E-state index >= 15 is 0 Å². The zero-order valence-electron chi connectivity index (χ0n) is 20.1. The van der Waals surface area contributed by atoms with Crippen LogP contribution in [0.4, 0.5) is 15.8 Å². The second kappa shape index (κ2) is 10.2. The van der Waals surface area contributed by atoms with E-state index in [1.54, 1.807) is 36.4 Å². The second-order valence-corrected chi connectivity index (χ2v) is 11.2. The average Bonchev–Trinajstić information content (AvgIpc) is 3.43. The lowest BCUT2D eigenvalue weighted by Gasteiger charge is -2.30. The Morgan fingerprint density at radius 1 is 0.974 bits per heavy atom. The number of aromatic amines is 1. The molecule has 2 unspecified atom stereocenters. The van der Waals surface area contributed by atoms with Crippen LogP contribution in [0.15, 0.2) is 88.7 Å². The topological polar surface area (TPSA) is 109 Å². The maximum absolute atomic E-state index is 13.7. The highest BCUT2D eigenvalue weighted by Crippen LogP contribution is 2.53. The van der Waals surface area contributed by atoms with Crippen LogP contribution in [0, 0.1) is 11.7 Å². The fourth-order valence-electron chi connectivity index (χ4n) is 4.89. The maximum Gasteiger partial charge on any atom is 0.305 e. The maximum atomic E-state index is 13.7. The first-order chi connectivity index (χ1) is 18.9. The molecule has 0 aliphatic carbocycles. The number of ether oxygens (including phenoxy) is 1. The minimum absolute atomic E-state index is 0.233. The molecule has 1 aromatic heterocycles. The third kappa shape index (κ3) is 4.75. The Morgan fingerprint density at radius 3 is 2.51 bits per heavy atom. The average molecular weight is 562 g/mol. The first-order valence-electron chi connectivity index (χ1n) is 12.0. The molecule has 0 spiro atoms. The van der Waals surface area contributed by atoms with E-state index in [0.29, 0.717) is 32.6 Å². The van der Waals surface area contributed by atoms with Crippen molar-refractivity contribution in [3.05, 3.63) is 105 Å². The van der Waals surface area contributed by atoms with E-state index < -0.39 is 34.7 Å². The number of benzene rings is 3. The lowest BCUT2D eigenvalue weighted by molar-refractivity contribution is -0.122. The van der Waals surface area contributed by atoms with Crippen LogP contribution in [0.2, 0.25) is 0 Å². The fraction of sp³-hybridized carbons (Fsp3) is 0.143. The molecule has 2 N–H and O–H groups in total. The molecule has 3 aromatic carbocycles. The Morgan fingerprint density at radius 2 is 1.74 bits per heavy atom. The molecule has 3 amide bonds. The van der Waals surface area contributed by atoms with E-state index in [1.165, 1.54) is 24.3 Å². The number of thioether (sulfide) groups is 1. The van der Waals surface area contributed by atoms with Crippen molar-refractivity contribution in [2.24, 2.45) is 5.92 Å². The summed E-state index contributed by atoms with van der Waals surface area (Å²) < 4.78 is 19.3. The van der Waals surface area contributed by atoms with E-state index in [2.05, 4.69) is 10.3 Å². The fourth-order valence-corrected chi connectivity index (χ4v) is 7.40. The summed E-state index contributed by atoms with van der Waals surface area (Å²) in [6.45, 7) is -0.233. The van der Waals surface area contributed by atoms with Gasteiger partial charge in [0.25, 0.3) is 5.91 Å². The molecule has 0 bridgehead atoms. The van der Waals surface area contributed by atoms with Gasteiger partial charge in [0.15, 0.2) is 6.61 Å². The van der Waals surface area contributed by atoms with Crippen molar-refractivity contribution < 1.29 is 23.5 Å². The number of thiazole rings is 1. The Labute approximate surface area is 229 Å². The van der Waals surface area contributed by atoms with Gasteiger partial charge in [-0.3, -0.25) is 19.2 Å². The summed E-state index contributed by atoms with van der Waals surface area (Å²) in [5.74, 6) is -2.64. The van der Waals surface area contributed by atoms with E-state index in [0.717, 1.165) is 28.0 Å². The number of para-hydroxylation sites is 1. The third-order valence-corrected chi connectivity index (χ3v) is 8.95. The van der Waals surface area contributed by atoms with Crippen molar-refractivity contribution in [2.75, 3.05) is 16.8 Å². The first-order valence-corrected chi connectivity index (χ1v) is 13.7. The minimum atomic E-state index is -0.789. The van der Waals surface area contributed by atoms with Crippen molar-refractivity contribution in [1.29, 1.82) is 0 Å². The number of nitrogens with one attached hydrogen (secondary N) is 2. The molecule has 0 saturated carbocycles. The van der Waals surface area contributed by atoms with Gasteiger partial charge in [0, 0.05) is 16.5 Å². The Hall–Kier alpha value is -4.22. The first kappa shape index (κ1) is 25.1. The molecular formula is C28H20FN3O5S2. The highest BCUT2D eigenvalue weighted by Gasteiger charge is 2.56. The highest BCUT2D eigenvalue weighted by atomic mass is 32.2. The molecule has 2 aliphatic rings. The predicted molar refractivity (Wildman–Crippen MR) is 146 cm³/mol. The Balaban J connectivity index is 1.30. The predicted octanol–water partition coefficient (Wildman–Crippen LogP) is 4.39. The van der Waals surface area contributed by atoms with Crippen molar-refractivity contribution in [3.8, 4) is 5.75 Å². The van der Waals surface area contributed by atoms with E-state index in [1.807, 2.05) is 18.2 Å². The number of amides is 3. The van der Waals surface area contributed by atoms with Gasteiger partial charge in [0.2, 0.25) is 11.8 Å². The van der Waals surface area contributed by atoms with Crippen molar-refractivity contribution >= 4 is 52.2 Å². The number of halogens is 1. The zero-order chi connectivity index (χ0) is 27.1. The lowest BCUT2D eigenvalue weighted by atomic mass is 9.83. The largest absolute Gasteiger partial charge is 0.484 e. The van der Waals surface area contributed by atoms with Gasteiger partial charge in [-0.2, -0.15) is 0 Å². The van der Waals surface area contributed by atoms with Gasteiger partial charge in [-0.25, -0.2) is 9.29 Å². The number of nitrogens with zero attached hydrogens (tertiary/aromatic N) is 1. The number of aromatic nitrogens is 1. The molecule has 196 valence electrons. The van der Waals surface area contributed by atoms with Crippen molar-refractivity contribution in [3.63, 3.8) is 0 Å². The van der Waals surface area contributed by atoms with Crippen LogP contribution >= 0.6 is 23.1 Å². The summed E-state index contributed by atoms with van der Waals surface area (Å²) in [6, 6.07) is 21.2. The van der Waals surface area contributed by atoms with E-state index in [4.69, 9.17) is 4.74 Å². The number of H-pyrrole nitrogens is 1. The van der Waals surface area contributed by atoms with Crippen LogP contribution in [-0.2, 0) is 14.4 Å². The molecule has 3 atom stereocenters. The van der Waals surface area contributed by atoms with Crippen LogP contribution in [-0.4, -0.2) is 34.6 Å². The number of rotatable bonds is 6. The van der Waals surface area contributed by atoms with Crippen LogP contribution in [0.5, 0.6) is 5.75 Å². The quantitative estimate of drug-likeness (QED) is 0.338. The van der Waals surface area contributed by atoms with Crippen molar-refractivity contribution in [1.82, 2.24) is 4.98 Å². The molecule has 4 aromatic rings. The van der Waals surface area contributed by atoms with Crippen LogP contribution < -0.4 is 19.8 Å². The standard InChI is InChI=1S/C28H20FN3O5S2/c29-16-9-11-18(12-10-16)32-26(34)22-21(23-25(31-28(36)39-23)38-24(22)27(32)35)15-5-4-8-19(13-15)37-14-20(33)30-17-6-2-1-3-7-17/h1-13,21-22,24H,14H2,(H,30,33)(H,31,36)/t21-,22?,24?/m1/s1. The molecule has 2 aliphatic heterocycles. The summed E-state index contributed by atoms with van der Waals surface area (Å²) >= 11 is 2.17. The molecule has 0 radical (unpaired) electrons. The third-order valence-electron chi connectivity index (χ3n) is 6.55. The summed E-state index contributed by atoms with van der Waals surface area (Å²) in [5.41, 5.74) is 1.61. The van der Waals surface area contributed by atoms with Gasteiger partial charge in [0.05, 0.1) is 16.6 Å². The summed E-state index contributed by atoms with van der Waals surface area (Å²) in [5, 5.41) is 2.53. The van der Waals surface area contributed by atoms with Gasteiger partial charge in [0.1, 0.15) is 16.8 Å². The number of anilines is 2. The van der Waals surface area contributed by atoms with Gasteiger partial charge >= 0.3 is 4.87 Å². The number of hydrogen-bond acceptors (Lipinski definition) is 7. The van der Waals surface area contributed by atoms with Crippen molar-refractivity contribution in [2.45, 2.75) is 16.2 Å². The minimum Gasteiger partial charge on any atom is -0.484 e. The molecule has 3 heterocycles. The molecular weight excluding hydrogens is 541 g/mol. The SMILES string of the molecule is O=C(COc1cccc([C@H]2c3sc(=O)[nH]c3SC3C(=O)N(c4ccc(F)cc4)C(=O)C32)c1)Nc1ccccc1. The van der Waals surface area contributed by atoms with Gasteiger partial charge in [-0.1, -0.05) is 53.4 Å². The lowest BCUT2D eigenvalue weighted by Crippen LogP contribution is -2.32. The molecule has 39 heavy (non-hydrogen) atoms. The summed E-state index contributed by atoms with van der Waals surface area (Å²) in [6.07, 6.45) is 0. The number of carbonyl (C=O) groups excluding carboxylic acids is 3. The van der Waals surface area contributed by atoms with E-state index in [9.17, 15) is 23.6 Å². The molecule has 11 heteroatoms. The number of fused-ring (bicyclic) bond motifs is 2. The van der Waals surface area contributed by atoms with Crippen LogP contribution in [0.3, 0.4) is 0 Å². The Bertz CT molecular complexity index is 1640. The molecule has 1 saturated heterocycles. The number of carbonyl (C=O) groups is 3. The summed E-state index contributed by atoms with van der Waals surface area (Å²) in [4.78, 5) is 56.1.